The van der Waals surface area contributed by atoms with Crippen molar-refractivity contribution in [2.45, 2.75) is 49.4 Å². The minimum Gasteiger partial charge on any atom is -0.743 e. The van der Waals surface area contributed by atoms with Crippen LogP contribution in [0, 0.1) is 17.8 Å². The van der Waals surface area contributed by atoms with E-state index in [1.165, 1.54) is 19.3 Å². The second kappa shape index (κ2) is 7.38. The van der Waals surface area contributed by atoms with Crippen molar-refractivity contribution in [3.8, 4) is 0 Å². The number of hydrogen-bond acceptors (Lipinski definition) is 7. The van der Waals surface area contributed by atoms with Crippen molar-refractivity contribution in [2.75, 3.05) is 20.0 Å². The van der Waals surface area contributed by atoms with Crippen LogP contribution in [0.15, 0.2) is 12.2 Å². The van der Waals surface area contributed by atoms with Gasteiger partial charge in [-0.3, -0.25) is 0 Å². The molecular formula is C17H23F2O7S-. The standard InChI is InChI=1S/C17H24F2O7S/c1-11(8-24-9-17(18,19)27(21,22)23)15(20)25-10-26-16-5-12-2-13(6-16)4-14(3-12)7-16/h12-14H,1-10H2,(H,21,22,23)/p-1. The molecule has 0 unspecified atom stereocenters. The summed E-state index contributed by atoms with van der Waals surface area (Å²) in [6.45, 7) is 0.762. The number of halogens is 2. The van der Waals surface area contributed by atoms with Crippen LogP contribution < -0.4 is 0 Å². The molecule has 27 heavy (non-hydrogen) atoms. The summed E-state index contributed by atoms with van der Waals surface area (Å²) >= 11 is 0. The number of esters is 1. The number of hydrogen-bond donors (Lipinski definition) is 0. The number of alkyl halides is 2. The van der Waals surface area contributed by atoms with Gasteiger partial charge in [-0.2, -0.15) is 8.78 Å². The minimum absolute atomic E-state index is 0.239. The molecule has 0 atom stereocenters. The van der Waals surface area contributed by atoms with Gasteiger partial charge in [-0.05, 0) is 56.3 Å². The topological polar surface area (TPSA) is 102 Å². The van der Waals surface area contributed by atoms with E-state index in [0.717, 1.165) is 19.3 Å². The van der Waals surface area contributed by atoms with E-state index >= 15 is 0 Å². The Balaban J connectivity index is 1.39. The van der Waals surface area contributed by atoms with E-state index in [0.29, 0.717) is 17.8 Å². The first-order valence-corrected chi connectivity index (χ1v) is 10.3. The van der Waals surface area contributed by atoms with E-state index in [-0.39, 0.29) is 18.0 Å². The van der Waals surface area contributed by atoms with Gasteiger partial charge in [0.15, 0.2) is 16.9 Å². The van der Waals surface area contributed by atoms with E-state index < -0.39 is 34.6 Å². The number of carbonyl (C=O) groups excluding carboxylic acids is 1. The Labute approximate surface area is 156 Å². The van der Waals surface area contributed by atoms with E-state index in [9.17, 15) is 26.5 Å². The molecule has 4 aliphatic carbocycles. The minimum atomic E-state index is -5.83. The van der Waals surface area contributed by atoms with Gasteiger partial charge < -0.3 is 18.8 Å². The fourth-order valence-corrected chi connectivity index (χ4v) is 5.17. The Bertz CT molecular complexity index is 669. The lowest BCUT2D eigenvalue weighted by atomic mass is 9.54. The van der Waals surface area contributed by atoms with Gasteiger partial charge >= 0.3 is 11.2 Å². The Hall–Kier alpha value is -1.10. The summed E-state index contributed by atoms with van der Waals surface area (Å²) in [7, 11) is -5.83. The van der Waals surface area contributed by atoms with E-state index in [4.69, 9.17) is 9.47 Å². The third-order valence-electron chi connectivity index (χ3n) is 5.74. The zero-order valence-corrected chi connectivity index (χ0v) is 15.6. The zero-order chi connectivity index (χ0) is 19.9. The largest absolute Gasteiger partial charge is 0.743 e. The molecule has 4 fully saturated rings. The highest BCUT2D eigenvalue weighted by Crippen LogP contribution is 2.57. The van der Waals surface area contributed by atoms with Crippen molar-refractivity contribution < 1.29 is 40.8 Å². The molecule has 4 rings (SSSR count). The Kier molecular flexibility index (Phi) is 5.64. The second-order valence-corrected chi connectivity index (χ2v) is 9.49. The fraction of sp³-hybridized carbons (Fsp3) is 0.824. The normalized spacial score (nSPS) is 32.5. The molecule has 0 N–H and O–H groups in total. The number of carbonyl (C=O) groups is 1. The number of rotatable bonds is 9. The number of ether oxygens (including phenoxy) is 3. The average molecular weight is 409 g/mol. The summed E-state index contributed by atoms with van der Waals surface area (Å²) in [5, 5.41) is -4.57. The van der Waals surface area contributed by atoms with Crippen LogP contribution in [-0.2, 0) is 29.1 Å². The molecule has 0 aliphatic heterocycles. The van der Waals surface area contributed by atoms with Gasteiger partial charge in [0.05, 0.1) is 17.8 Å². The van der Waals surface area contributed by atoms with Crippen LogP contribution in [0.2, 0.25) is 0 Å². The Morgan fingerprint density at radius 1 is 1.15 bits per heavy atom. The molecular weight excluding hydrogens is 386 g/mol. The van der Waals surface area contributed by atoms with Crippen molar-refractivity contribution in [3.05, 3.63) is 12.2 Å². The van der Waals surface area contributed by atoms with Crippen LogP contribution in [0.1, 0.15) is 38.5 Å². The van der Waals surface area contributed by atoms with E-state index in [2.05, 4.69) is 11.3 Å². The first-order valence-electron chi connectivity index (χ1n) is 8.89. The smallest absolute Gasteiger partial charge is 0.357 e. The molecule has 0 saturated heterocycles. The highest BCUT2D eigenvalue weighted by atomic mass is 32.2. The van der Waals surface area contributed by atoms with Gasteiger partial charge in [-0.1, -0.05) is 6.58 Å². The van der Waals surface area contributed by atoms with Crippen LogP contribution in [-0.4, -0.2) is 49.8 Å². The second-order valence-electron chi connectivity index (χ2n) is 7.98. The third-order valence-corrected chi connectivity index (χ3v) is 6.59. The highest BCUT2D eigenvalue weighted by Gasteiger charge is 2.51. The fourth-order valence-electron chi connectivity index (χ4n) is 4.94. The van der Waals surface area contributed by atoms with Gasteiger partial charge in [-0.15, -0.1) is 0 Å². The van der Waals surface area contributed by atoms with Crippen molar-refractivity contribution in [1.82, 2.24) is 0 Å². The van der Waals surface area contributed by atoms with Gasteiger partial charge in [0.25, 0.3) is 0 Å². The first-order chi connectivity index (χ1) is 12.5. The monoisotopic (exact) mass is 409 g/mol. The Morgan fingerprint density at radius 3 is 2.15 bits per heavy atom. The Morgan fingerprint density at radius 2 is 1.67 bits per heavy atom. The molecule has 0 aromatic carbocycles. The molecule has 0 radical (unpaired) electrons. The van der Waals surface area contributed by atoms with Gasteiger partial charge in [0.1, 0.15) is 6.61 Å². The molecule has 4 aliphatic rings. The summed E-state index contributed by atoms with van der Waals surface area (Å²) in [6.07, 6.45) is 6.67. The van der Waals surface area contributed by atoms with Crippen molar-refractivity contribution in [3.63, 3.8) is 0 Å². The van der Waals surface area contributed by atoms with Gasteiger partial charge in [0, 0.05) is 0 Å². The van der Waals surface area contributed by atoms with Crippen LogP contribution in [0.3, 0.4) is 0 Å². The molecule has 0 aromatic heterocycles. The summed E-state index contributed by atoms with van der Waals surface area (Å²) in [4.78, 5) is 11.8. The molecule has 4 saturated carbocycles. The molecule has 0 heterocycles. The maximum Gasteiger partial charge on any atom is 0.357 e. The molecule has 0 amide bonds. The summed E-state index contributed by atoms with van der Waals surface area (Å²) in [5.74, 6) is 1.14. The van der Waals surface area contributed by atoms with E-state index in [1.807, 2.05) is 0 Å². The van der Waals surface area contributed by atoms with E-state index in [1.54, 1.807) is 0 Å². The van der Waals surface area contributed by atoms with Crippen molar-refractivity contribution >= 4 is 16.1 Å². The molecule has 10 heteroatoms. The SMILES string of the molecule is C=C(COCC(F)(F)S(=O)(=O)[O-])C(=O)OCOC12CC3CC(CC(C3)C1)C2. The quantitative estimate of drug-likeness (QED) is 0.249. The average Bonchev–Trinajstić information content (AvgIpc) is 2.51. The van der Waals surface area contributed by atoms with Crippen molar-refractivity contribution in [2.24, 2.45) is 17.8 Å². The molecule has 7 nitrogen and oxygen atoms in total. The molecule has 0 spiro atoms. The summed E-state index contributed by atoms with van der Waals surface area (Å²) in [6, 6.07) is 0. The summed E-state index contributed by atoms with van der Waals surface area (Å²) in [5.41, 5.74) is -0.513. The molecule has 0 aromatic rings. The van der Waals surface area contributed by atoms with Gasteiger partial charge in [0.2, 0.25) is 0 Å². The van der Waals surface area contributed by atoms with Crippen LogP contribution in [0.25, 0.3) is 0 Å². The van der Waals surface area contributed by atoms with Crippen molar-refractivity contribution in [1.29, 1.82) is 0 Å². The first kappa shape index (κ1) is 20.6. The molecule has 4 bridgehead atoms. The van der Waals surface area contributed by atoms with Crippen LogP contribution in [0.4, 0.5) is 8.78 Å². The lowest BCUT2D eigenvalue weighted by Crippen LogP contribution is -2.52. The summed E-state index contributed by atoms with van der Waals surface area (Å²) < 4.78 is 72.3. The maximum atomic E-state index is 13.0. The lowest BCUT2D eigenvalue weighted by molar-refractivity contribution is -0.208. The molecule has 154 valence electrons. The maximum absolute atomic E-state index is 13.0. The predicted molar refractivity (Wildman–Crippen MR) is 87.6 cm³/mol. The highest BCUT2D eigenvalue weighted by molar-refractivity contribution is 7.86. The van der Waals surface area contributed by atoms with Crippen LogP contribution >= 0.6 is 0 Å². The predicted octanol–water partition coefficient (Wildman–Crippen LogP) is 2.18. The van der Waals surface area contributed by atoms with Crippen LogP contribution in [0.5, 0.6) is 0 Å². The lowest BCUT2D eigenvalue weighted by Gasteiger charge is -2.56. The zero-order valence-electron chi connectivity index (χ0n) is 14.8. The third kappa shape index (κ3) is 4.67. The van der Waals surface area contributed by atoms with Gasteiger partial charge in [-0.25, -0.2) is 13.2 Å².